The highest BCUT2D eigenvalue weighted by Gasteiger charge is 2.26. The summed E-state index contributed by atoms with van der Waals surface area (Å²) in [7, 11) is 0. The zero-order valence-corrected chi connectivity index (χ0v) is 17.1. The summed E-state index contributed by atoms with van der Waals surface area (Å²) in [6.07, 6.45) is 2.34. The Hall–Kier alpha value is -2.66. The van der Waals surface area contributed by atoms with Crippen molar-refractivity contribution in [3.63, 3.8) is 0 Å². The lowest BCUT2D eigenvalue weighted by Gasteiger charge is -2.33. The third kappa shape index (κ3) is 6.16. The van der Waals surface area contributed by atoms with Gasteiger partial charge in [-0.3, -0.25) is 9.59 Å². The summed E-state index contributed by atoms with van der Waals surface area (Å²) in [6.45, 7) is 5.72. The first kappa shape index (κ1) is 21.1. The van der Waals surface area contributed by atoms with Crippen LogP contribution in [0.4, 0.5) is 0 Å². The van der Waals surface area contributed by atoms with Crippen LogP contribution >= 0.6 is 0 Å². The van der Waals surface area contributed by atoms with Gasteiger partial charge in [-0.2, -0.15) is 0 Å². The number of carbonyl (C=O) groups excluding carboxylic acids is 2. The monoisotopic (exact) mass is 393 g/mol. The van der Waals surface area contributed by atoms with Crippen molar-refractivity contribution in [2.24, 2.45) is 5.92 Å². The van der Waals surface area contributed by atoms with E-state index in [-0.39, 0.29) is 24.3 Å². The van der Waals surface area contributed by atoms with Crippen LogP contribution in [0, 0.1) is 5.92 Å². The SMILES string of the molecule is CCNCC1CCN(C(=O)C[C@@H](NC(=O)c2ccccc2)c2ccccc2)CC1. The lowest BCUT2D eigenvalue weighted by Crippen LogP contribution is -2.42. The molecule has 0 bridgehead atoms. The second-order valence-electron chi connectivity index (χ2n) is 7.64. The van der Waals surface area contributed by atoms with Crippen molar-refractivity contribution in [2.75, 3.05) is 26.2 Å². The van der Waals surface area contributed by atoms with E-state index in [4.69, 9.17) is 0 Å². The topological polar surface area (TPSA) is 61.4 Å². The Morgan fingerprint density at radius 1 is 1.00 bits per heavy atom. The van der Waals surface area contributed by atoms with Gasteiger partial charge in [0.2, 0.25) is 5.91 Å². The summed E-state index contributed by atoms with van der Waals surface area (Å²) in [4.78, 5) is 27.6. The highest BCUT2D eigenvalue weighted by atomic mass is 16.2. The second-order valence-corrected chi connectivity index (χ2v) is 7.64. The van der Waals surface area contributed by atoms with Crippen LogP contribution in [0.25, 0.3) is 0 Å². The van der Waals surface area contributed by atoms with E-state index in [0.717, 1.165) is 44.6 Å². The molecule has 5 nitrogen and oxygen atoms in total. The smallest absolute Gasteiger partial charge is 0.251 e. The van der Waals surface area contributed by atoms with Crippen molar-refractivity contribution in [2.45, 2.75) is 32.2 Å². The van der Waals surface area contributed by atoms with Crippen LogP contribution in [-0.2, 0) is 4.79 Å². The van der Waals surface area contributed by atoms with Gasteiger partial charge in [-0.1, -0.05) is 55.5 Å². The molecule has 0 unspecified atom stereocenters. The molecule has 2 N–H and O–H groups in total. The number of hydrogen-bond donors (Lipinski definition) is 2. The zero-order chi connectivity index (χ0) is 20.5. The van der Waals surface area contributed by atoms with Crippen LogP contribution in [0.3, 0.4) is 0 Å². The average molecular weight is 394 g/mol. The minimum Gasteiger partial charge on any atom is -0.345 e. The molecule has 0 aromatic heterocycles. The van der Waals surface area contributed by atoms with Gasteiger partial charge < -0.3 is 15.5 Å². The Balaban J connectivity index is 1.63. The number of piperidine rings is 1. The van der Waals surface area contributed by atoms with E-state index in [2.05, 4.69) is 17.6 Å². The summed E-state index contributed by atoms with van der Waals surface area (Å²) in [5.41, 5.74) is 1.55. The van der Waals surface area contributed by atoms with Crippen LogP contribution in [0.1, 0.15) is 48.1 Å². The van der Waals surface area contributed by atoms with Crippen molar-refractivity contribution in [3.05, 3.63) is 71.8 Å². The second kappa shape index (κ2) is 10.8. The summed E-state index contributed by atoms with van der Waals surface area (Å²) in [6, 6.07) is 18.5. The fourth-order valence-corrected chi connectivity index (χ4v) is 3.81. The molecule has 1 atom stereocenters. The first-order chi connectivity index (χ1) is 14.2. The van der Waals surface area contributed by atoms with Crippen molar-refractivity contribution >= 4 is 11.8 Å². The molecule has 3 rings (SSSR count). The van der Waals surface area contributed by atoms with Crippen LogP contribution in [-0.4, -0.2) is 42.9 Å². The summed E-state index contributed by atoms with van der Waals surface area (Å²) in [5, 5.41) is 6.46. The van der Waals surface area contributed by atoms with Crippen LogP contribution in [0.5, 0.6) is 0 Å². The van der Waals surface area contributed by atoms with E-state index in [9.17, 15) is 9.59 Å². The number of nitrogens with one attached hydrogen (secondary N) is 2. The van der Waals surface area contributed by atoms with Crippen molar-refractivity contribution < 1.29 is 9.59 Å². The van der Waals surface area contributed by atoms with Crippen LogP contribution < -0.4 is 10.6 Å². The minimum atomic E-state index is -0.337. The number of benzene rings is 2. The molecule has 0 saturated carbocycles. The fraction of sp³-hybridized carbons (Fsp3) is 0.417. The molecule has 1 fully saturated rings. The molecule has 0 spiro atoms. The lowest BCUT2D eigenvalue weighted by atomic mass is 9.95. The molecular formula is C24H31N3O2. The highest BCUT2D eigenvalue weighted by Crippen LogP contribution is 2.22. The Morgan fingerprint density at radius 2 is 1.62 bits per heavy atom. The third-order valence-electron chi connectivity index (χ3n) is 5.57. The molecule has 0 radical (unpaired) electrons. The van der Waals surface area contributed by atoms with E-state index in [0.29, 0.717) is 11.5 Å². The van der Waals surface area contributed by atoms with Gasteiger partial charge in [-0.05, 0) is 49.5 Å². The van der Waals surface area contributed by atoms with Gasteiger partial charge in [0.15, 0.2) is 0 Å². The van der Waals surface area contributed by atoms with Crippen LogP contribution in [0.15, 0.2) is 60.7 Å². The Bertz CT molecular complexity index is 771. The van der Waals surface area contributed by atoms with Gasteiger partial charge in [0.1, 0.15) is 0 Å². The Labute approximate surface area is 173 Å². The minimum absolute atomic E-state index is 0.106. The summed E-state index contributed by atoms with van der Waals surface area (Å²) in [5.74, 6) is 0.590. The van der Waals surface area contributed by atoms with E-state index in [1.165, 1.54) is 0 Å². The predicted octanol–water partition coefficient (Wildman–Crippen LogP) is 3.40. The van der Waals surface area contributed by atoms with Gasteiger partial charge in [0.05, 0.1) is 12.5 Å². The van der Waals surface area contributed by atoms with Crippen molar-refractivity contribution in [1.29, 1.82) is 0 Å². The summed E-state index contributed by atoms with van der Waals surface area (Å²) < 4.78 is 0. The number of rotatable bonds is 8. The molecule has 154 valence electrons. The standard InChI is InChI=1S/C24H31N3O2/c1-2-25-18-19-13-15-27(16-14-19)23(28)17-22(20-9-5-3-6-10-20)26-24(29)21-11-7-4-8-12-21/h3-12,19,22,25H,2,13-18H2,1H3,(H,26,29)/t22-/m1/s1. The maximum atomic E-state index is 13.0. The third-order valence-corrected chi connectivity index (χ3v) is 5.57. The van der Waals surface area contributed by atoms with E-state index >= 15 is 0 Å². The van der Waals surface area contributed by atoms with Crippen molar-refractivity contribution in [1.82, 2.24) is 15.5 Å². The quantitative estimate of drug-likeness (QED) is 0.723. The highest BCUT2D eigenvalue weighted by molar-refractivity contribution is 5.94. The molecule has 0 aliphatic carbocycles. The average Bonchev–Trinajstić information content (AvgIpc) is 2.78. The largest absolute Gasteiger partial charge is 0.345 e. The van der Waals surface area contributed by atoms with Gasteiger partial charge in [-0.15, -0.1) is 0 Å². The van der Waals surface area contributed by atoms with E-state index in [1.807, 2.05) is 53.4 Å². The molecule has 2 amide bonds. The van der Waals surface area contributed by atoms with Gasteiger partial charge in [0, 0.05) is 18.7 Å². The molecule has 1 saturated heterocycles. The molecule has 1 heterocycles. The number of carbonyl (C=O) groups is 2. The number of likely N-dealkylation sites (tertiary alicyclic amines) is 1. The Morgan fingerprint density at radius 3 is 2.24 bits per heavy atom. The maximum Gasteiger partial charge on any atom is 0.251 e. The number of hydrogen-bond acceptors (Lipinski definition) is 3. The normalized spacial score (nSPS) is 15.7. The lowest BCUT2D eigenvalue weighted by molar-refractivity contribution is -0.133. The van der Waals surface area contributed by atoms with Gasteiger partial charge >= 0.3 is 0 Å². The summed E-state index contributed by atoms with van der Waals surface area (Å²) >= 11 is 0. The van der Waals surface area contributed by atoms with E-state index < -0.39 is 0 Å². The first-order valence-electron chi connectivity index (χ1n) is 10.6. The Kier molecular flexibility index (Phi) is 7.82. The predicted molar refractivity (Wildman–Crippen MR) is 116 cm³/mol. The molecule has 1 aliphatic rings. The molecule has 2 aromatic rings. The molecular weight excluding hydrogens is 362 g/mol. The van der Waals surface area contributed by atoms with Gasteiger partial charge in [-0.25, -0.2) is 0 Å². The van der Waals surface area contributed by atoms with E-state index in [1.54, 1.807) is 12.1 Å². The fourth-order valence-electron chi connectivity index (χ4n) is 3.81. The molecule has 29 heavy (non-hydrogen) atoms. The van der Waals surface area contributed by atoms with Crippen molar-refractivity contribution in [3.8, 4) is 0 Å². The molecule has 5 heteroatoms. The maximum absolute atomic E-state index is 13.0. The number of nitrogens with zero attached hydrogens (tertiary/aromatic N) is 1. The van der Waals surface area contributed by atoms with Gasteiger partial charge in [0.25, 0.3) is 5.91 Å². The zero-order valence-electron chi connectivity index (χ0n) is 17.1. The van der Waals surface area contributed by atoms with Crippen LogP contribution in [0.2, 0.25) is 0 Å². The molecule has 1 aliphatic heterocycles. The first-order valence-corrected chi connectivity index (χ1v) is 10.6. The number of amides is 2. The molecule has 2 aromatic carbocycles.